The SMILES string of the molecule is CCCC(F)(F)COc1cc(N2CCCN(Cc3ccc(Br)cc3OC)C2=O)ccc1OC. The number of anilines is 1. The number of benzene rings is 2. The number of halogens is 3. The van der Waals surface area contributed by atoms with E-state index in [9.17, 15) is 13.6 Å². The summed E-state index contributed by atoms with van der Waals surface area (Å²) in [5.74, 6) is -1.71. The van der Waals surface area contributed by atoms with E-state index in [1.807, 2.05) is 18.2 Å². The fourth-order valence-corrected chi connectivity index (χ4v) is 4.13. The average molecular weight is 527 g/mol. The minimum atomic E-state index is -2.93. The van der Waals surface area contributed by atoms with Crippen molar-refractivity contribution in [3.8, 4) is 17.2 Å². The van der Waals surface area contributed by atoms with Crippen LogP contribution in [0.4, 0.5) is 19.3 Å². The summed E-state index contributed by atoms with van der Waals surface area (Å²) in [6.07, 6.45) is 0.865. The minimum absolute atomic E-state index is 0.168. The van der Waals surface area contributed by atoms with E-state index in [4.69, 9.17) is 14.2 Å². The Morgan fingerprint density at radius 3 is 2.48 bits per heavy atom. The molecule has 1 saturated heterocycles. The lowest BCUT2D eigenvalue weighted by atomic mass is 10.1. The van der Waals surface area contributed by atoms with Crippen LogP contribution in [0, 0.1) is 0 Å². The van der Waals surface area contributed by atoms with Crippen LogP contribution in [0.2, 0.25) is 0 Å². The molecule has 1 heterocycles. The van der Waals surface area contributed by atoms with Gasteiger partial charge in [-0.3, -0.25) is 4.90 Å². The molecule has 0 N–H and O–H groups in total. The van der Waals surface area contributed by atoms with E-state index in [-0.39, 0.29) is 18.2 Å². The van der Waals surface area contributed by atoms with E-state index < -0.39 is 12.5 Å². The van der Waals surface area contributed by atoms with Gasteiger partial charge in [-0.05, 0) is 30.7 Å². The lowest BCUT2D eigenvalue weighted by molar-refractivity contribution is -0.0485. The first-order chi connectivity index (χ1) is 15.8. The van der Waals surface area contributed by atoms with Crippen LogP contribution in [-0.4, -0.2) is 50.8 Å². The van der Waals surface area contributed by atoms with Crippen molar-refractivity contribution >= 4 is 27.6 Å². The van der Waals surface area contributed by atoms with Gasteiger partial charge in [-0.2, -0.15) is 0 Å². The van der Waals surface area contributed by atoms with Gasteiger partial charge in [0.25, 0.3) is 5.92 Å². The number of carbonyl (C=O) groups is 1. The molecule has 2 amide bonds. The topological polar surface area (TPSA) is 51.2 Å². The van der Waals surface area contributed by atoms with Crippen molar-refractivity contribution in [2.45, 2.75) is 38.7 Å². The van der Waals surface area contributed by atoms with Gasteiger partial charge in [0.1, 0.15) is 5.75 Å². The fourth-order valence-electron chi connectivity index (χ4n) is 3.79. The van der Waals surface area contributed by atoms with Crippen LogP contribution in [0.25, 0.3) is 0 Å². The van der Waals surface area contributed by atoms with Crippen LogP contribution >= 0.6 is 15.9 Å². The highest BCUT2D eigenvalue weighted by molar-refractivity contribution is 9.10. The molecule has 0 spiro atoms. The molecule has 0 radical (unpaired) electrons. The summed E-state index contributed by atoms with van der Waals surface area (Å²) in [6.45, 7) is 2.48. The van der Waals surface area contributed by atoms with Crippen molar-refractivity contribution in [1.82, 2.24) is 4.90 Å². The maximum Gasteiger partial charge on any atom is 0.324 e. The molecule has 33 heavy (non-hydrogen) atoms. The van der Waals surface area contributed by atoms with Crippen molar-refractivity contribution in [3.63, 3.8) is 0 Å². The third kappa shape index (κ3) is 6.28. The number of methoxy groups -OCH3 is 2. The van der Waals surface area contributed by atoms with Gasteiger partial charge in [-0.15, -0.1) is 0 Å². The summed E-state index contributed by atoms with van der Waals surface area (Å²) in [5, 5.41) is 0. The van der Waals surface area contributed by atoms with E-state index in [1.165, 1.54) is 7.11 Å². The Balaban J connectivity index is 1.79. The Morgan fingerprint density at radius 2 is 1.79 bits per heavy atom. The number of nitrogens with zero attached hydrogens (tertiary/aromatic N) is 2. The van der Waals surface area contributed by atoms with Crippen LogP contribution in [0.1, 0.15) is 31.7 Å². The second kappa shape index (κ2) is 11.0. The van der Waals surface area contributed by atoms with Gasteiger partial charge < -0.3 is 19.1 Å². The molecule has 0 bridgehead atoms. The first-order valence-corrected chi connectivity index (χ1v) is 11.6. The summed E-state index contributed by atoms with van der Waals surface area (Å²) < 4.78 is 45.0. The van der Waals surface area contributed by atoms with E-state index in [0.29, 0.717) is 43.2 Å². The lowest BCUT2D eigenvalue weighted by Gasteiger charge is -2.36. The molecule has 0 aliphatic carbocycles. The zero-order chi connectivity index (χ0) is 24.0. The molecule has 6 nitrogen and oxygen atoms in total. The van der Waals surface area contributed by atoms with Crippen LogP contribution in [0.15, 0.2) is 40.9 Å². The van der Waals surface area contributed by atoms with Crippen LogP contribution in [0.5, 0.6) is 17.2 Å². The monoisotopic (exact) mass is 526 g/mol. The zero-order valence-electron chi connectivity index (χ0n) is 19.1. The molecule has 180 valence electrons. The maximum atomic E-state index is 14.0. The highest BCUT2D eigenvalue weighted by atomic mass is 79.9. The first kappa shape index (κ1) is 25.1. The number of urea groups is 1. The van der Waals surface area contributed by atoms with E-state index in [1.54, 1.807) is 42.0 Å². The molecule has 0 unspecified atom stereocenters. The predicted molar refractivity (Wildman–Crippen MR) is 127 cm³/mol. The van der Waals surface area contributed by atoms with E-state index >= 15 is 0 Å². The van der Waals surface area contributed by atoms with Crippen LogP contribution in [0.3, 0.4) is 0 Å². The summed E-state index contributed by atoms with van der Waals surface area (Å²) in [5.41, 5.74) is 1.47. The summed E-state index contributed by atoms with van der Waals surface area (Å²) >= 11 is 3.43. The number of rotatable bonds is 10. The standard InChI is InChI=1S/C24H29BrF2N2O4/c1-4-10-24(26,27)16-33-22-14-19(8-9-20(22)31-2)29-12-5-11-28(23(29)30)15-17-6-7-18(25)13-21(17)32-3/h6-9,13-14H,4-5,10-12,15-16H2,1-3H3. The number of alkyl halides is 2. The Bertz CT molecular complexity index is 973. The largest absolute Gasteiger partial charge is 0.496 e. The fraction of sp³-hybridized carbons (Fsp3) is 0.458. The molecule has 0 aromatic heterocycles. The van der Waals surface area contributed by atoms with E-state index in [2.05, 4.69) is 15.9 Å². The normalized spacial score (nSPS) is 14.4. The number of hydrogen-bond donors (Lipinski definition) is 0. The smallest absolute Gasteiger partial charge is 0.324 e. The van der Waals surface area contributed by atoms with Crippen molar-refractivity contribution in [2.75, 3.05) is 38.8 Å². The van der Waals surface area contributed by atoms with Crippen molar-refractivity contribution in [3.05, 3.63) is 46.4 Å². The highest BCUT2D eigenvalue weighted by Gasteiger charge is 2.31. The summed E-state index contributed by atoms with van der Waals surface area (Å²) in [7, 11) is 3.05. The summed E-state index contributed by atoms with van der Waals surface area (Å²) in [4.78, 5) is 16.7. The van der Waals surface area contributed by atoms with Gasteiger partial charge in [0.05, 0.1) is 20.8 Å². The Kier molecular flexibility index (Phi) is 8.40. The number of carbonyl (C=O) groups excluding carboxylic acids is 1. The molecule has 9 heteroatoms. The van der Waals surface area contributed by atoms with Gasteiger partial charge in [0, 0.05) is 41.3 Å². The van der Waals surface area contributed by atoms with Crippen molar-refractivity contribution in [1.29, 1.82) is 0 Å². The zero-order valence-corrected chi connectivity index (χ0v) is 20.7. The highest BCUT2D eigenvalue weighted by Crippen LogP contribution is 2.35. The third-order valence-corrected chi connectivity index (χ3v) is 5.93. The molecule has 1 aliphatic heterocycles. The van der Waals surface area contributed by atoms with E-state index in [0.717, 1.165) is 16.5 Å². The van der Waals surface area contributed by atoms with Gasteiger partial charge in [-0.1, -0.05) is 35.3 Å². The van der Waals surface area contributed by atoms with Crippen molar-refractivity contribution in [2.24, 2.45) is 0 Å². The quantitative estimate of drug-likeness (QED) is 0.374. The maximum absolute atomic E-state index is 14.0. The molecular weight excluding hydrogens is 498 g/mol. The molecule has 1 aliphatic rings. The van der Waals surface area contributed by atoms with Gasteiger partial charge in [-0.25, -0.2) is 13.6 Å². The first-order valence-electron chi connectivity index (χ1n) is 10.9. The second-order valence-electron chi connectivity index (χ2n) is 7.90. The van der Waals surface area contributed by atoms with Crippen LogP contribution < -0.4 is 19.1 Å². The number of ether oxygens (including phenoxy) is 3. The minimum Gasteiger partial charge on any atom is -0.496 e. The van der Waals surface area contributed by atoms with Gasteiger partial charge >= 0.3 is 6.03 Å². The number of hydrogen-bond acceptors (Lipinski definition) is 4. The second-order valence-corrected chi connectivity index (χ2v) is 8.81. The Morgan fingerprint density at radius 1 is 1.03 bits per heavy atom. The Hall–Kier alpha value is -2.55. The molecule has 3 rings (SSSR count). The molecule has 0 saturated carbocycles. The lowest BCUT2D eigenvalue weighted by Crippen LogP contribution is -2.49. The predicted octanol–water partition coefficient (Wildman–Crippen LogP) is 6.11. The third-order valence-electron chi connectivity index (χ3n) is 5.43. The molecule has 2 aromatic carbocycles. The van der Waals surface area contributed by atoms with Crippen molar-refractivity contribution < 1.29 is 27.8 Å². The average Bonchev–Trinajstić information content (AvgIpc) is 2.80. The number of amides is 2. The van der Waals surface area contributed by atoms with Crippen LogP contribution in [-0.2, 0) is 6.54 Å². The molecule has 0 atom stereocenters. The van der Waals surface area contributed by atoms with Gasteiger partial charge in [0.15, 0.2) is 18.1 Å². The molecule has 2 aromatic rings. The molecular formula is C24H29BrF2N2O4. The Labute approximate surface area is 201 Å². The summed E-state index contributed by atoms with van der Waals surface area (Å²) in [6, 6.07) is 10.5. The molecule has 1 fully saturated rings. The van der Waals surface area contributed by atoms with Gasteiger partial charge in [0.2, 0.25) is 0 Å².